The number of nitrogens with two attached hydrogens (primary N) is 2. The van der Waals surface area contributed by atoms with Gasteiger partial charge in [0.15, 0.2) is 5.82 Å². The number of primary sulfonamides is 1. The van der Waals surface area contributed by atoms with Crippen LogP contribution in [0.4, 0.5) is 11.4 Å². The fourth-order valence-corrected chi connectivity index (χ4v) is 2.30. The van der Waals surface area contributed by atoms with Crippen molar-refractivity contribution < 1.29 is 8.42 Å². The molecule has 0 aliphatic heterocycles. The van der Waals surface area contributed by atoms with Crippen LogP contribution in [0.25, 0.3) is 0 Å². The monoisotopic (exact) mass is 296 g/mol. The van der Waals surface area contributed by atoms with E-state index < -0.39 is 10.0 Å². The number of benzene rings is 1. The smallest absolute Gasteiger partial charge is 0.238 e. The molecular formula is C11H16N6O2S. The summed E-state index contributed by atoms with van der Waals surface area (Å²) in [7, 11) is -1.98. The Hall–Kier alpha value is -2.13. The molecule has 0 atom stereocenters. The largest absolute Gasteiger partial charge is 0.399 e. The summed E-state index contributed by atoms with van der Waals surface area (Å²) in [5, 5.41) is 12.3. The maximum atomic E-state index is 11.3. The zero-order chi connectivity index (χ0) is 14.8. The second kappa shape index (κ2) is 5.47. The van der Waals surface area contributed by atoms with Gasteiger partial charge in [-0.05, 0) is 18.2 Å². The summed E-state index contributed by atoms with van der Waals surface area (Å²) in [6.07, 6.45) is 2.23. The van der Waals surface area contributed by atoms with Gasteiger partial charge in [-0.3, -0.25) is 4.68 Å². The Bertz CT molecular complexity index is 709. The molecule has 2 aromatic rings. The zero-order valence-corrected chi connectivity index (χ0v) is 11.8. The van der Waals surface area contributed by atoms with E-state index >= 15 is 0 Å². The summed E-state index contributed by atoms with van der Waals surface area (Å²) in [6.45, 7) is 0.553. The van der Waals surface area contributed by atoms with Crippen molar-refractivity contribution >= 4 is 21.4 Å². The Morgan fingerprint density at radius 1 is 1.35 bits per heavy atom. The molecule has 2 rings (SSSR count). The van der Waals surface area contributed by atoms with Crippen LogP contribution in [-0.2, 0) is 23.5 Å². The SMILES string of the molecule is Cn1cnc(CCNc2cc(N)cc(S(N)(=O)=O)c2)n1. The van der Waals surface area contributed by atoms with Gasteiger partial charge in [0.05, 0.1) is 4.90 Å². The summed E-state index contributed by atoms with van der Waals surface area (Å²) in [4.78, 5) is 4.07. The number of hydrogen-bond acceptors (Lipinski definition) is 6. The van der Waals surface area contributed by atoms with Gasteiger partial charge in [0.25, 0.3) is 0 Å². The van der Waals surface area contributed by atoms with E-state index in [0.29, 0.717) is 30.2 Å². The highest BCUT2D eigenvalue weighted by atomic mass is 32.2. The van der Waals surface area contributed by atoms with E-state index in [0.717, 1.165) is 0 Å². The number of nitrogen functional groups attached to an aromatic ring is 1. The Morgan fingerprint density at radius 3 is 2.70 bits per heavy atom. The number of nitrogens with zero attached hydrogens (tertiary/aromatic N) is 3. The van der Waals surface area contributed by atoms with Crippen molar-refractivity contribution in [2.24, 2.45) is 12.2 Å². The van der Waals surface area contributed by atoms with Crippen LogP contribution in [0.15, 0.2) is 29.4 Å². The van der Waals surface area contributed by atoms with Crippen LogP contribution in [-0.4, -0.2) is 29.7 Å². The molecule has 0 bridgehead atoms. The van der Waals surface area contributed by atoms with Gasteiger partial charge in [0, 0.05) is 31.4 Å². The van der Waals surface area contributed by atoms with Crippen LogP contribution in [0.2, 0.25) is 0 Å². The topological polar surface area (TPSA) is 129 Å². The predicted octanol–water partition coefficient (Wildman–Crippen LogP) is -0.301. The van der Waals surface area contributed by atoms with Gasteiger partial charge in [-0.2, -0.15) is 5.10 Å². The number of nitrogens with one attached hydrogen (secondary N) is 1. The van der Waals surface area contributed by atoms with Gasteiger partial charge in [-0.1, -0.05) is 0 Å². The Morgan fingerprint density at radius 2 is 2.10 bits per heavy atom. The molecule has 0 unspecified atom stereocenters. The standard InChI is InChI=1S/C11H16N6O2S/c1-17-7-15-11(16-17)2-3-14-9-4-8(12)5-10(6-9)20(13,18)19/h4-7,14H,2-3,12H2,1H3,(H2,13,18,19). The van der Waals surface area contributed by atoms with Gasteiger partial charge in [-0.15, -0.1) is 0 Å². The van der Waals surface area contributed by atoms with Crippen LogP contribution in [0, 0.1) is 0 Å². The lowest BCUT2D eigenvalue weighted by atomic mass is 10.2. The molecule has 0 aliphatic carbocycles. The highest BCUT2D eigenvalue weighted by Gasteiger charge is 2.10. The van der Waals surface area contributed by atoms with E-state index in [1.807, 2.05) is 0 Å². The number of anilines is 2. The molecule has 0 saturated heterocycles. The summed E-state index contributed by atoms with van der Waals surface area (Å²) in [5.74, 6) is 0.704. The number of hydrogen-bond donors (Lipinski definition) is 3. The lowest BCUT2D eigenvalue weighted by Crippen LogP contribution is -2.13. The van der Waals surface area contributed by atoms with Crippen molar-refractivity contribution in [3.8, 4) is 0 Å². The molecule has 0 aliphatic rings. The molecule has 0 spiro atoms. The summed E-state index contributed by atoms with van der Waals surface area (Å²) < 4.78 is 24.2. The molecule has 1 aromatic carbocycles. The third kappa shape index (κ3) is 3.68. The van der Waals surface area contributed by atoms with Gasteiger partial charge in [0.2, 0.25) is 10.0 Å². The first-order valence-corrected chi connectivity index (χ1v) is 7.41. The lowest BCUT2D eigenvalue weighted by molar-refractivity contribution is 0.598. The molecule has 0 radical (unpaired) electrons. The lowest BCUT2D eigenvalue weighted by Gasteiger charge is -2.08. The van der Waals surface area contributed by atoms with Crippen molar-refractivity contribution in [1.82, 2.24) is 14.8 Å². The van der Waals surface area contributed by atoms with Crippen molar-refractivity contribution in [2.75, 3.05) is 17.6 Å². The first kappa shape index (κ1) is 14.3. The van der Waals surface area contributed by atoms with Gasteiger partial charge in [0.1, 0.15) is 6.33 Å². The predicted molar refractivity (Wildman–Crippen MR) is 75.4 cm³/mol. The summed E-state index contributed by atoms with van der Waals surface area (Å²) >= 11 is 0. The van der Waals surface area contributed by atoms with Crippen molar-refractivity contribution in [3.05, 3.63) is 30.4 Å². The third-order valence-corrected chi connectivity index (χ3v) is 3.47. The second-order valence-electron chi connectivity index (χ2n) is 4.35. The van der Waals surface area contributed by atoms with Crippen molar-refractivity contribution in [1.29, 1.82) is 0 Å². The fourth-order valence-electron chi connectivity index (χ4n) is 1.71. The molecule has 8 nitrogen and oxygen atoms in total. The minimum atomic E-state index is -3.77. The maximum Gasteiger partial charge on any atom is 0.238 e. The van der Waals surface area contributed by atoms with E-state index in [1.54, 1.807) is 24.1 Å². The van der Waals surface area contributed by atoms with E-state index in [4.69, 9.17) is 10.9 Å². The minimum absolute atomic E-state index is 0.0176. The molecule has 9 heteroatoms. The second-order valence-corrected chi connectivity index (χ2v) is 5.91. The molecule has 0 fully saturated rings. The number of sulfonamides is 1. The van der Waals surface area contributed by atoms with Crippen LogP contribution in [0.5, 0.6) is 0 Å². The number of aryl methyl sites for hydroxylation is 1. The van der Waals surface area contributed by atoms with E-state index in [2.05, 4.69) is 15.4 Å². The summed E-state index contributed by atoms with van der Waals surface area (Å²) in [5.41, 5.74) is 6.57. The highest BCUT2D eigenvalue weighted by Crippen LogP contribution is 2.19. The summed E-state index contributed by atoms with van der Waals surface area (Å²) in [6, 6.07) is 4.40. The molecule has 20 heavy (non-hydrogen) atoms. The first-order valence-electron chi connectivity index (χ1n) is 5.86. The molecule has 5 N–H and O–H groups in total. The molecule has 108 valence electrons. The van der Waals surface area contributed by atoms with Crippen molar-refractivity contribution in [2.45, 2.75) is 11.3 Å². The average Bonchev–Trinajstić information content (AvgIpc) is 2.73. The third-order valence-electron chi connectivity index (χ3n) is 2.58. The molecule has 1 aromatic heterocycles. The number of rotatable bonds is 5. The normalized spacial score (nSPS) is 11.5. The van der Waals surface area contributed by atoms with Gasteiger partial charge in [-0.25, -0.2) is 18.5 Å². The van der Waals surface area contributed by atoms with Crippen LogP contribution >= 0.6 is 0 Å². The molecule has 0 amide bonds. The van der Waals surface area contributed by atoms with E-state index in [-0.39, 0.29) is 4.90 Å². The molecular weight excluding hydrogens is 280 g/mol. The zero-order valence-electron chi connectivity index (χ0n) is 10.9. The van der Waals surface area contributed by atoms with Gasteiger partial charge >= 0.3 is 0 Å². The Labute approximate surface area is 116 Å². The Kier molecular flexibility index (Phi) is 3.91. The molecule has 1 heterocycles. The van der Waals surface area contributed by atoms with Crippen LogP contribution in [0.1, 0.15) is 5.82 Å². The maximum absolute atomic E-state index is 11.3. The van der Waals surface area contributed by atoms with Crippen molar-refractivity contribution in [3.63, 3.8) is 0 Å². The molecule has 0 saturated carbocycles. The Balaban J connectivity index is 2.04. The fraction of sp³-hybridized carbons (Fsp3) is 0.273. The number of aromatic nitrogens is 3. The van der Waals surface area contributed by atoms with Gasteiger partial charge < -0.3 is 11.1 Å². The van der Waals surface area contributed by atoms with E-state index in [9.17, 15) is 8.42 Å². The van der Waals surface area contributed by atoms with Crippen LogP contribution in [0.3, 0.4) is 0 Å². The van der Waals surface area contributed by atoms with Crippen LogP contribution < -0.4 is 16.2 Å². The quantitative estimate of drug-likeness (QED) is 0.650. The van der Waals surface area contributed by atoms with E-state index in [1.165, 1.54) is 12.1 Å². The minimum Gasteiger partial charge on any atom is -0.399 e. The average molecular weight is 296 g/mol. The first-order chi connectivity index (χ1) is 9.34. The highest BCUT2D eigenvalue weighted by molar-refractivity contribution is 7.89.